The number of benzene rings is 2. The normalized spacial score (nSPS) is 19.3. The Kier molecular flexibility index (Phi) is 1.61. The SMILES string of the molecule is c1ccc2c(c1)OS1(O2)Oc2ccccc2O1. The van der Waals surface area contributed by atoms with Crippen LogP contribution in [0.2, 0.25) is 0 Å². The zero-order valence-electron chi connectivity index (χ0n) is 8.66. The van der Waals surface area contributed by atoms with Crippen molar-refractivity contribution in [2.45, 2.75) is 0 Å². The molecule has 4 rings (SSSR count). The average Bonchev–Trinajstić information content (AvgIpc) is 2.87. The van der Waals surface area contributed by atoms with E-state index in [-0.39, 0.29) is 0 Å². The summed E-state index contributed by atoms with van der Waals surface area (Å²) >= 11 is -2.44. The van der Waals surface area contributed by atoms with Gasteiger partial charge in [-0.15, -0.1) is 0 Å². The Labute approximate surface area is 99.8 Å². The first-order valence-electron chi connectivity index (χ1n) is 5.14. The van der Waals surface area contributed by atoms with Crippen molar-refractivity contribution in [1.82, 2.24) is 0 Å². The van der Waals surface area contributed by atoms with Crippen LogP contribution < -0.4 is 16.7 Å². The van der Waals surface area contributed by atoms with Crippen molar-refractivity contribution >= 4 is 11.2 Å². The molecule has 2 aromatic rings. The van der Waals surface area contributed by atoms with Crippen molar-refractivity contribution in [2.24, 2.45) is 0 Å². The van der Waals surface area contributed by atoms with Gasteiger partial charge >= 0.3 is 11.2 Å². The number of hydrogen-bond donors (Lipinski definition) is 0. The number of para-hydroxylation sites is 4. The van der Waals surface area contributed by atoms with E-state index in [1.165, 1.54) is 0 Å². The number of fused-ring (bicyclic) bond motifs is 2. The number of hydrogen-bond acceptors (Lipinski definition) is 4. The van der Waals surface area contributed by atoms with Gasteiger partial charge in [0.15, 0.2) is 23.0 Å². The molecule has 0 saturated carbocycles. The van der Waals surface area contributed by atoms with Gasteiger partial charge in [0, 0.05) is 0 Å². The van der Waals surface area contributed by atoms with Crippen LogP contribution in [-0.2, 0) is 0 Å². The molecule has 0 saturated heterocycles. The van der Waals surface area contributed by atoms with Gasteiger partial charge in [-0.05, 0) is 24.3 Å². The van der Waals surface area contributed by atoms with E-state index in [4.69, 9.17) is 16.7 Å². The van der Waals surface area contributed by atoms with E-state index in [0.29, 0.717) is 23.0 Å². The van der Waals surface area contributed by atoms with Crippen LogP contribution in [0.25, 0.3) is 0 Å². The first-order chi connectivity index (χ1) is 8.35. The summed E-state index contributed by atoms with van der Waals surface area (Å²) in [5.41, 5.74) is 0. The minimum absolute atomic E-state index is 0.648. The van der Waals surface area contributed by atoms with Crippen LogP contribution >= 0.6 is 11.2 Å². The van der Waals surface area contributed by atoms with E-state index in [9.17, 15) is 0 Å². The zero-order valence-corrected chi connectivity index (χ0v) is 9.48. The first-order valence-corrected chi connectivity index (χ1v) is 6.47. The molecule has 0 radical (unpaired) electrons. The quantitative estimate of drug-likeness (QED) is 0.716. The minimum Gasteiger partial charge on any atom is -0.353 e. The summed E-state index contributed by atoms with van der Waals surface area (Å²) in [6, 6.07) is 14.8. The summed E-state index contributed by atoms with van der Waals surface area (Å²) in [5, 5.41) is 0. The molecule has 5 heteroatoms. The standard InChI is InChI=1S/C12H8O4S/c1-2-6-10-9(5-1)13-17(14-10)15-11-7-3-4-8-12(11)16-17/h1-8H. The Morgan fingerprint density at radius 2 is 0.824 bits per heavy atom. The lowest BCUT2D eigenvalue weighted by Gasteiger charge is -2.21. The van der Waals surface area contributed by atoms with Crippen molar-refractivity contribution < 1.29 is 16.7 Å². The lowest BCUT2D eigenvalue weighted by atomic mass is 10.3. The van der Waals surface area contributed by atoms with E-state index >= 15 is 0 Å². The largest absolute Gasteiger partial charge is 0.429 e. The third kappa shape index (κ3) is 1.26. The van der Waals surface area contributed by atoms with Gasteiger partial charge in [0.2, 0.25) is 0 Å². The second-order valence-corrected chi connectivity index (χ2v) is 5.12. The predicted octanol–water partition coefficient (Wildman–Crippen LogP) is 3.39. The molecule has 2 aromatic carbocycles. The summed E-state index contributed by atoms with van der Waals surface area (Å²) in [6.07, 6.45) is 0. The molecule has 2 heterocycles. The Balaban J connectivity index is 1.72. The van der Waals surface area contributed by atoms with Gasteiger partial charge in [-0.1, -0.05) is 24.3 Å². The van der Waals surface area contributed by atoms with Gasteiger partial charge in [0.1, 0.15) is 0 Å². The first kappa shape index (κ1) is 9.07. The second kappa shape index (κ2) is 3.01. The fourth-order valence-electron chi connectivity index (χ4n) is 1.72. The molecule has 0 fully saturated rings. The molecular weight excluding hydrogens is 240 g/mol. The van der Waals surface area contributed by atoms with Gasteiger partial charge < -0.3 is 16.7 Å². The Bertz CT molecular complexity index is 492. The highest BCUT2D eigenvalue weighted by Gasteiger charge is 2.48. The molecular formula is C12H8O4S. The topological polar surface area (TPSA) is 36.9 Å². The Morgan fingerprint density at radius 1 is 0.529 bits per heavy atom. The van der Waals surface area contributed by atoms with E-state index < -0.39 is 11.2 Å². The second-order valence-electron chi connectivity index (χ2n) is 3.64. The molecule has 0 aromatic heterocycles. The monoisotopic (exact) mass is 248 g/mol. The highest BCUT2D eigenvalue weighted by Crippen LogP contribution is 2.65. The van der Waals surface area contributed by atoms with Crippen molar-refractivity contribution in [3.05, 3.63) is 48.5 Å². The molecule has 0 N–H and O–H groups in total. The van der Waals surface area contributed by atoms with E-state index in [1.54, 1.807) is 0 Å². The lowest BCUT2D eigenvalue weighted by Crippen LogP contribution is -2.16. The third-order valence-corrected chi connectivity index (χ3v) is 4.00. The van der Waals surface area contributed by atoms with Gasteiger partial charge in [0.05, 0.1) is 0 Å². The maximum atomic E-state index is 5.65. The summed E-state index contributed by atoms with van der Waals surface area (Å²) < 4.78 is 22.6. The predicted molar refractivity (Wildman–Crippen MR) is 63.0 cm³/mol. The van der Waals surface area contributed by atoms with Crippen molar-refractivity contribution in [3.63, 3.8) is 0 Å². The van der Waals surface area contributed by atoms with Crippen molar-refractivity contribution in [3.8, 4) is 23.0 Å². The summed E-state index contributed by atoms with van der Waals surface area (Å²) in [5.74, 6) is 2.59. The molecule has 2 aliphatic heterocycles. The molecule has 4 nitrogen and oxygen atoms in total. The van der Waals surface area contributed by atoms with Gasteiger partial charge in [-0.25, -0.2) is 0 Å². The van der Waals surface area contributed by atoms with Gasteiger partial charge in [-0.3, -0.25) is 0 Å². The van der Waals surface area contributed by atoms with Crippen LogP contribution in [0.5, 0.6) is 23.0 Å². The summed E-state index contributed by atoms with van der Waals surface area (Å²) in [4.78, 5) is 0. The zero-order chi connectivity index (χ0) is 11.3. The van der Waals surface area contributed by atoms with Crippen LogP contribution in [0.15, 0.2) is 48.5 Å². The van der Waals surface area contributed by atoms with E-state index in [2.05, 4.69) is 0 Å². The van der Waals surface area contributed by atoms with Crippen LogP contribution in [-0.4, -0.2) is 0 Å². The maximum absolute atomic E-state index is 5.65. The van der Waals surface area contributed by atoms with Crippen LogP contribution in [0.4, 0.5) is 0 Å². The van der Waals surface area contributed by atoms with Crippen molar-refractivity contribution in [1.29, 1.82) is 0 Å². The molecule has 0 bridgehead atoms. The Morgan fingerprint density at radius 3 is 1.12 bits per heavy atom. The van der Waals surface area contributed by atoms with Crippen LogP contribution in [0, 0.1) is 0 Å². The highest BCUT2D eigenvalue weighted by molar-refractivity contribution is 8.19. The maximum Gasteiger partial charge on any atom is 0.429 e. The minimum atomic E-state index is -2.44. The van der Waals surface area contributed by atoms with Gasteiger partial charge in [0.25, 0.3) is 0 Å². The summed E-state index contributed by atoms with van der Waals surface area (Å²) in [6.45, 7) is 0. The lowest BCUT2D eigenvalue weighted by molar-refractivity contribution is 0.382. The fourth-order valence-corrected chi connectivity index (χ4v) is 3.35. The molecule has 86 valence electrons. The molecule has 0 atom stereocenters. The van der Waals surface area contributed by atoms with E-state index in [1.807, 2.05) is 48.5 Å². The van der Waals surface area contributed by atoms with Crippen LogP contribution in [0.1, 0.15) is 0 Å². The van der Waals surface area contributed by atoms with Crippen molar-refractivity contribution in [2.75, 3.05) is 0 Å². The van der Waals surface area contributed by atoms with Crippen LogP contribution in [0.3, 0.4) is 0 Å². The molecule has 17 heavy (non-hydrogen) atoms. The smallest absolute Gasteiger partial charge is 0.353 e. The molecule has 0 unspecified atom stereocenters. The Hall–Kier alpha value is -2.01. The van der Waals surface area contributed by atoms with E-state index in [0.717, 1.165) is 0 Å². The third-order valence-electron chi connectivity index (χ3n) is 2.47. The molecule has 0 aliphatic carbocycles. The molecule has 2 aliphatic rings. The highest BCUT2D eigenvalue weighted by atomic mass is 32.3. The summed E-state index contributed by atoms with van der Waals surface area (Å²) in [7, 11) is 0. The fraction of sp³-hybridized carbons (Fsp3) is 0. The average molecular weight is 248 g/mol. The van der Waals surface area contributed by atoms with Gasteiger partial charge in [-0.2, -0.15) is 0 Å². The number of rotatable bonds is 0. The molecule has 0 amide bonds. The molecule has 1 spiro atoms.